The molecule has 0 radical (unpaired) electrons. The highest BCUT2D eigenvalue weighted by molar-refractivity contribution is 5.45. The normalized spacial score (nSPS) is 17.4. The van der Waals surface area contributed by atoms with E-state index in [-0.39, 0.29) is 5.54 Å². The van der Waals surface area contributed by atoms with Crippen molar-refractivity contribution in [1.29, 1.82) is 0 Å². The fourth-order valence-electron chi connectivity index (χ4n) is 2.27. The summed E-state index contributed by atoms with van der Waals surface area (Å²) in [7, 11) is 4.03. The minimum absolute atomic E-state index is 0.300. The van der Waals surface area contributed by atoms with Crippen molar-refractivity contribution >= 4 is 0 Å². The Morgan fingerprint density at radius 1 is 1.45 bits per heavy atom. The van der Waals surface area contributed by atoms with Crippen LogP contribution in [0.15, 0.2) is 10.7 Å². The van der Waals surface area contributed by atoms with Crippen LogP contribution >= 0.6 is 0 Å². The maximum atomic E-state index is 6.24. The van der Waals surface area contributed by atoms with Crippen molar-refractivity contribution in [1.82, 2.24) is 25.0 Å². The number of aromatic nitrogens is 4. The van der Waals surface area contributed by atoms with Gasteiger partial charge in [-0.1, -0.05) is 5.16 Å². The summed E-state index contributed by atoms with van der Waals surface area (Å²) in [6, 6.07) is 0. The van der Waals surface area contributed by atoms with Crippen molar-refractivity contribution in [2.75, 3.05) is 20.6 Å². The number of imidazole rings is 1. The zero-order chi connectivity index (χ0) is 14.2. The van der Waals surface area contributed by atoms with Gasteiger partial charge in [0.15, 0.2) is 5.82 Å². The lowest BCUT2D eigenvalue weighted by Crippen LogP contribution is -2.44. The average molecular weight is 276 g/mol. The van der Waals surface area contributed by atoms with Gasteiger partial charge >= 0.3 is 0 Å². The second kappa shape index (κ2) is 4.99. The van der Waals surface area contributed by atoms with Crippen molar-refractivity contribution in [3.8, 4) is 11.6 Å². The molecule has 3 N–H and O–H groups in total. The van der Waals surface area contributed by atoms with Crippen LogP contribution in [0.1, 0.15) is 30.9 Å². The molecule has 0 unspecified atom stereocenters. The van der Waals surface area contributed by atoms with Crippen LogP contribution in [0.4, 0.5) is 0 Å². The van der Waals surface area contributed by atoms with Gasteiger partial charge in [-0.05, 0) is 33.4 Å². The summed E-state index contributed by atoms with van der Waals surface area (Å²) >= 11 is 0. The minimum atomic E-state index is -0.300. The van der Waals surface area contributed by atoms with Gasteiger partial charge < -0.3 is 20.1 Å². The number of aromatic amines is 1. The number of likely N-dealkylation sites (N-methyl/N-ethyl adjacent to an activating group) is 1. The maximum absolute atomic E-state index is 6.24. The third kappa shape index (κ3) is 2.46. The molecule has 0 atom stereocenters. The SMILES string of the molecule is CN(C)CCc1noc(-c2cnc(C3(N)CCC3)[nH]2)n1. The summed E-state index contributed by atoms with van der Waals surface area (Å²) in [6.07, 6.45) is 5.57. The number of hydrogen-bond acceptors (Lipinski definition) is 6. The Labute approximate surface area is 117 Å². The summed E-state index contributed by atoms with van der Waals surface area (Å²) in [5, 5.41) is 3.98. The number of H-pyrrole nitrogens is 1. The molecule has 1 aliphatic carbocycles. The molecule has 3 rings (SSSR count). The average Bonchev–Trinajstić information content (AvgIpc) is 3.02. The van der Waals surface area contributed by atoms with Gasteiger partial charge in [0.1, 0.15) is 11.5 Å². The topological polar surface area (TPSA) is 96.9 Å². The monoisotopic (exact) mass is 276 g/mol. The Bertz CT molecular complexity index is 583. The predicted molar refractivity (Wildman–Crippen MR) is 73.9 cm³/mol. The molecule has 7 nitrogen and oxygen atoms in total. The first-order valence-electron chi connectivity index (χ1n) is 6.89. The lowest BCUT2D eigenvalue weighted by molar-refractivity contribution is 0.240. The molecule has 1 aliphatic rings. The highest BCUT2D eigenvalue weighted by Gasteiger charge is 2.37. The fourth-order valence-corrected chi connectivity index (χ4v) is 2.27. The molecule has 7 heteroatoms. The molecule has 0 aliphatic heterocycles. The van der Waals surface area contributed by atoms with Gasteiger partial charge in [0.05, 0.1) is 11.7 Å². The van der Waals surface area contributed by atoms with E-state index in [0.29, 0.717) is 11.7 Å². The quantitative estimate of drug-likeness (QED) is 0.842. The van der Waals surface area contributed by atoms with E-state index in [1.807, 2.05) is 14.1 Å². The van der Waals surface area contributed by atoms with Crippen molar-refractivity contribution < 1.29 is 4.52 Å². The first-order chi connectivity index (χ1) is 9.57. The second-order valence-corrected chi connectivity index (χ2v) is 5.72. The van der Waals surface area contributed by atoms with Gasteiger partial charge in [0.2, 0.25) is 0 Å². The molecule has 2 aromatic heterocycles. The van der Waals surface area contributed by atoms with Crippen LogP contribution in [0.3, 0.4) is 0 Å². The van der Waals surface area contributed by atoms with Crippen LogP contribution in [0.2, 0.25) is 0 Å². The van der Waals surface area contributed by atoms with E-state index in [2.05, 4.69) is 25.0 Å². The number of hydrogen-bond donors (Lipinski definition) is 2. The lowest BCUT2D eigenvalue weighted by atomic mass is 9.77. The standard InChI is InChI=1S/C13H20N6O/c1-19(2)7-4-10-17-11(20-18-10)9-8-15-12(16-9)13(14)5-3-6-13/h8H,3-7,14H2,1-2H3,(H,15,16). The van der Waals surface area contributed by atoms with Crippen molar-refractivity contribution in [2.24, 2.45) is 5.73 Å². The lowest BCUT2D eigenvalue weighted by Gasteiger charge is -2.35. The largest absolute Gasteiger partial charge is 0.336 e. The van der Waals surface area contributed by atoms with Crippen molar-refractivity contribution in [3.05, 3.63) is 17.8 Å². The van der Waals surface area contributed by atoms with Crippen LogP contribution in [-0.2, 0) is 12.0 Å². The summed E-state index contributed by atoms with van der Waals surface area (Å²) in [4.78, 5) is 14.0. The van der Waals surface area contributed by atoms with Crippen LogP contribution in [0, 0.1) is 0 Å². The highest BCUT2D eigenvalue weighted by atomic mass is 16.5. The fraction of sp³-hybridized carbons (Fsp3) is 0.615. The van der Waals surface area contributed by atoms with E-state index in [4.69, 9.17) is 10.3 Å². The molecule has 0 saturated heterocycles. The first kappa shape index (κ1) is 13.3. The zero-order valence-corrected chi connectivity index (χ0v) is 11.9. The maximum Gasteiger partial charge on any atom is 0.275 e. The Morgan fingerprint density at radius 2 is 2.25 bits per heavy atom. The van der Waals surface area contributed by atoms with Crippen molar-refractivity contribution in [2.45, 2.75) is 31.2 Å². The van der Waals surface area contributed by atoms with Gasteiger partial charge in [-0.15, -0.1) is 0 Å². The van der Waals surface area contributed by atoms with Crippen LogP contribution < -0.4 is 5.73 Å². The van der Waals surface area contributed by atoms with E-state index in [0.717, 1.165) is 43.7 Å². The van der Waals surface area contributed by atoms with Gasteiger partial charge in [-0.3, -0.25) is 0 Å². The Kier molecular flexibility index (Phi) is 3.31. The van der Waals surface area contributed by atoms with E-state index in [1.165, 1.54) is 0 Å². The molecular weight excluding hydrogens is 256 g/mol. The van der Waals surface area contributed by atoms with E-state index >= 15 is 0 Å². The molecule has 1 fully saturated rings. The summed E-state index contributed by atoms with van der Waals surface area (Å²) < 4.78 is 5.27. The second-order valence-electron chi connectivity index (χ2n) is 5.72. The third-order valence-electron chi connectivity index (χ3n) is 3.77. The number of nitrogens with zero attached hydrogens (tertiary/aromatic N) is 4. The zero-order valence-electron chi connectivity index (χ0n) is 11.9. The summed E-state index contributed by atoms with van der Waals surface area (Å²) in [6.45, 7) is 0.888. The minimum Gasteiger partial charge on any atom is -0.336 e. The molecule has 1 saturated carbocycles. The van der Waals surface area contributed by atoms with Gasteiger partial charge in [-0.25, -0.2) is 4.98 Å². The molecular formula is C13H20N6O. The third-order valence-corrected chi connectivity index (χ3v) is 3.77. The smallest absolute Gasteiger partial charge is 0.275 e. The molecule has 0 aromatic carbocycles. The van der Waals surface area contributed by atoms with Gasteiger partial charge in [0.25, 0.3) is 5.89 Å². The molecule has 20 heavy (non-hydrogen) atoms. The molecule has 2 heterocycles. The van der Waals surface area contributed by atoms with Crippen LogP contribution in [-0.4, -0.2) is 45.6 Å². The van der Waals surface area contributed by atoms with E-state index in [9.17, 15) is 0 Å². The Morgan fingerprint density at radius 3 is 2.90 bits per heavy atom. The number of nitrogens with one attached hydrogen (secondary N) is 1. The summed E-state index contributed by atoms with van der Waals surface area (Å²) in [5.41, 5.74) is 6.67. The van der Waals surface area contributed by atoms with Gasteiger partial charge in [0, 0.05) is 13.0 Å². The molecule has 2 aromatic rings. The predicted octanol–water partition coefficient (Wildman–Crippen LogP) is 0.902. The first-order valence-corrected chi connectivity index (χ1v) is 6.89. The van der Waals surface area contributed by atoms with Crippen molar-refractivity contribution in [3.63, 3.8) is 0 Å². The molecule has 0 bridgehead atoms. The van der Waals surface area contributed by atoms with Crippen LogP contribution in [0.25, 0.3) is 11.6 Å². The number of nitrogens with two attached hydrogens (primary N) is 1. The molecule has 0 amide bonds. The Hall–Kier alpha value is -1.73. The molecule has 108 valence electrons. The highest BCUT2D eigenvalue weighted by Crippen LogP contribution is 2.37. The van der Waals surface area contributed by atoms with E-state index < -0.39 is 0 Å². The van der Waals surface area contributed by atoms with E-state index in [1.54, 1.807) is 6.20 Å². The Balaban J connectivity index is 1.73. The summed E-state index contributed by atoms with van der Waals surface area (Å²) in [5.74, 6) is 1.99. The molecule has 0 spiro atoms. The van der Waals surface area contributed by atoms with Crippen LogP contribution in [0.5, 0.6) is 0 Å². The van der Waals surface area contributed by atoms with Gasteiger partial charge in [-0.2, -0.15) is 4.98 Å². The number of rotatable bonds is 5.